The Bertz CT molecular complexity index is 1250. The van der Waals surface area contributed by atoms with Crippen LogP contribution in [0.15, 0.2) is 36.5 Å². The number of nitrogens with zero attached hydrogens (tertiary/aromatic N) is 5. The standard InChI is InChI=1S/C23H25FN6/c1-13-10-30(11-14(2)25-13)18-5-6-21-19(9-18)15(3)26-23(27-21)16-7-17-12-29(4)28-22(17)20(24)8-16/h5-9,12-14,25H,10-11H2,1-4H3/t13-,14+. The van der Waals surface area contributed by atoms with Gasteiger partial charge in [0.1, 0.15) is 5.52 Å². The molecule has 0 bridgehead atoms. The molecule has 3 heterocycles. The highest BCUT2D eigenvalue weighted by molar-refractivity contribution is 5.88. The molecule has 0 saturated carbocycles. The van der Waals surface area contributed by atoms with Crippen molar-refractivity contribution >= 4 is 27.5 Å². The number of halogens is 1. The molecule has 4 aromatic rings. The van der Waals surface area contributed by atoms with E-state index in [2.05, 4.69) is 41.3 Å². The summed E-state index contributed by atoms with van der Waals surface area (Å²) in [5, 5.41) is 9.51. The van der Waals surface area contributed by atoms with Crippen molar-refractivity contribution in [2.24, 2.45) is 7.05 Å². The van der Waals surface area contributed by atoms with Crippen LogP contribution in [0, 0.1) is 12.7 Å². The van der Waals surface area contributed by atoms with E-state index in [1.54, 1.807) is 17.9 Å². The Kier molecular flexibility index (Phi) is 4.43. The lowest BCUT2D eigenvalue weighted by molar-refractivity contribution is 0.407. The molecule has 7 heteroatoms. The van der Waals surface area contributed by atoms with Crippen molar-refractivity contribution in [1.29, 1.82) is 0 Å². The molecule has 2 aromatic carbocycles. The van der Waals surface area contributed by atoms with Crippen molar-refractivity contribution in [3.8, 4) is 11.4 Å². The van der Waals surface area contributed by atoms with Crippen LogP contribution in [-0.2, 0) is 7.05 Å². The fourth-order valence-electron chi connectivity index (χ4n) is 4.47. The number of benzene rings is 2. The van der Waals surface area contributed by atoms with Gasteiger partial charge in [-0.2, -0.15) is 5.10 Å². The quantitative estimate of drug-likeness (QED) is 0.550. The molecule has 154 valence electrons. The summed E-state index contributed by atoms with van der Waals surface area (Å²) in [6, 6.07) is 10.6. The summed E-state index contributed by atoms with van der Waals surface area (Å²) in [5.74, 6) is 0.170. The van der Waals surface area contributed by atoms with Gasteiger partial charge in [-0.05, 0) is 51.1 Å². The van der Waals surface area contributed by atoms with Crippen molar-refractivity contribution in [1.82, 2.24) is 25.1 Å². The predicted molar refractivity (Wildman–Crippen MR) is 118 cm³/mol. The van der Waals surface area contributed by atoms with Gasteiger partial charge in [0.25, 0.3) is 0 Å². The van der Waals surface area contributed by atoms with Crippen LogP contribution < -0.4 is 10.2 Å². The average Bonchev–Trinajstić information content (AvgIpc) is 3.08. The molecule has 0 unspecified atom stereocenters. The van der Waals surface area contributed by atoms with E-state index in [9.17, 15) is 4.39 Å². The Labute approximate surface area is 174 Å². The maximum atomic E-state index is 14.5. The molecular weight excluding hydrogens is 379 g/mol. The zero-order chi connectivity index (χ0) is 21.0. The summed E-state index contributed by atoms with van der Waals surface area (Å²) < 4.78 is 16.2. The molecule has 0 spiro atoms. The zero-order valence-corrected chi connectivity index (χ0v) is 17.6. The number of aryl methyl sites for hydroxylation is 2. The van der Waals surface area contributed by atoms with Gasteiger partial charge in [0, 0.05) is 66.1 Å². The van der Waals surface area contributed by atoms with Gasteiger partial charge in [-0.25, -0.2) is 14.4 Å². The second-order valence-corrected chi connectivity index (χ2v) is 8.41. The number of piperazine rings is 1. The molecule has 2 atom stereocenters. The van der Waals surface area contributed by atoms with E-state index in [1.807, 2.05) is 19.1 Å². The van der Waals surface area contributed by atoms with Crippen LogP contribution in [0.25, 0.3) is 33.2 Å². The van der Waals surface area contributed by atoms with Crippen LogP contribution in [0.4, 0.5) is 10.1 Å². The summed E-state index contributed by atoms with van der Waals surface area (Å²) in [6.45, 7) is 8.35. The number of anilines is 1. The molecule has 1 aliphatic heterocycles. The van der Waals surface area contributed by atoms with Gasteiger partial charge in [0.2, 0.25) is 0 Å². The fourth-order valence-corrected chi connectivity index (χ4v) is 4.47. The predicted octanol–water partition coefficient (Wildman–Crippen LogP) is 3.82. The molecule has 1 aliphatic rings. The molecule has 0 amide bonds. The molecular formula is C23H25FN6. The fraction of sp³-hybridized carbons (Fsp3) is 0.348. The number of hydrogen-bond acceptors (Lipinski definition) is 5. The Hall–Kier alpha value is -3.06. The first-order valence-electron chi connectivity index (χ1n) is 10.3. The van der Waals surface area contributed by atoms with Crippen LogP contribution in [-0.4, -0.2) is 44.9 Å². The smallest absolute Gasteiger partial charge is 0.160 e. The van der Waals surface area contributed by atoms with Gasteiger partial charge < -0.3 is 10.2 Å². The third-order valence-corrected chi connectivity index (χ3v) is 5.73. The maximum absolute atomic E-state index is 14.5. The van der Waals surface area contributed by atoms with Gasteiger partial charge in [-0.3, -0.25) is 4.68 Å². The van der Waals surface area contributed by atoms with Gasteiger partial charge in [-0.1, -0.05) is 0 Å². The van der Waals surface area contributed by atoms with Crippen molar-refractivity contribution < 1.29 is 4.39 Å². The minimum Gasteiger partial charge on any atom is -0.368 e. The SMILES string of the molecule is Cc1nc(-c2cc(F)c3nn(C)cc3c2)nc2ccc(N3C[C@@H](C)N[C@@H](C)C3)cc12. The third kappa shape index (κ3) is 3.29. The minimum absolute atomic E-state index is 0.359. The van der Waals surface area contributed by atoms with Crippen molar-refractivity contribution in [3.05, 3.63) is 48.0 Å². The minimum atomic E-state index is -0.359. The first-order chi connectivity index (χ1) is 14.4. The molecule has 2 aromatic heterocycles. The van der Waals surface area contributed by atoms with Crippen LogP contribution in [0.5, 0.6) is 0 Å². The second kappa shape index (κ2) is 7.02. The highest BCUT2D eigenvalue weighted by atomic mass is 19.1. The Morgan fingerprint density at radius 3 is 2.60 bits per heavy atom. The average molecular weight is 404 g/mol. The van der Waals surface area contributed by atoms with Crippen LogP contribution in [0.2, 0.25) is 0 Å². The molecule has 0 radical (unpaired) electrons. The molecule has 1 fully saturated rings. The third-order valence-electron chi connectivity index (χ3n) is 5.73. The summed E-state index contributed by atoms with van der Waals surface area (Å²) >= 11 is 0. The lowest BCUT2D eigenvalue weighted by Crippen LogP contribution is -2.54. The number of hydrogen-bond donors (Lipinski definition) is 1. The number of nitrogens with one attached hydrogen (secondary N) is 1. The van der Waals surface area contributed by atoms with Crippen LogP contribution >= 0.6 is 0 Å². The van der Waals surface area contributed by atoms with Crippen molar-refractivity contribution in [2.45, 2.75) is 32.9 Å². The zero-order valence-electron chi connectivity index (χ0n) is 17.6. The highest BCUT2D eigenvalue weighted by Gasteiger charge is 2.21. The van der Waals surface area contributed by atoms with E-state index in [4.69, 9.17) is 9.97 Å². The monoisotopic (exact) mass is 404 g/mol. The molecule has 6 nitrogen and oxygen atoms in total. The van der Waals surface area contributed by atoms with Gasteiger partial charge in [0.05, 0.1) is 5.52 Å². The topological polar surface area (TPSA) is 58.9 Å². The molecule has 0 aliphatic carbocycles. The Balaban J connectivity index is 1.56. The summed E-state index contributed by atoms with van der Waals surface area (Å²) in [4.78, 5) is 11.9. The van der Waals surface area contributed by atoms with Crippen molar-refractivity contribution in [2.75, 3.05) is 18.0 Å². The normalized spacial score (nSPS) is 19.7. The van der Waals surface area contributed by atoms with Gasteiger partial charge in [0.15, 0.2) is 11.6 Å². The van der Waals surface area contributed by atoms with E-state index >= 15 is 0 Å². The van der Waals surface area contributed by atoms with E-state index in [0.717, 1.165) is 35.1 Å². The first kappa shape index (κ1) is 18.9. The second-order valence-electron chi connectivity index (χ2n) is 8.41. The van der Waals surface area contributed by atoms with E-state index in [1.165, 1.54) is 11.8 Å². The Morgan fingerprint density at radius 2 is 1.83 bits per heavy atom. The van der Waals surface area contributed by atoms with E-state index in [-0.39, 0.29) is 5.82 Å². The summed E-state index contributed by atoms with van der Waals surface area (Å²) in [6.07, 6.45) is 1.80. The molecule has 5 rings (SSSR count). The molecule has 30 heavy (non-hydrogen) atoms. The van der Waals surface area contributed by atoms with Gasteiger partial charge in [-0.15, -0.1) is 0 Å². The van der Waals surface area contributed by atoms with E-state index in [0.29, 0.717) is 29.0 Å². The molecule has 1 N–H and O–H groups in total. The lowest BCUT2D eigenvalue weighted by atomic mass is 10.1. The van der Waals surface area contributed by atoms with Gasteiger partial charge >= 0.3 is 0 Å². The number of rotatable bonds is 2. The lowest BCUT2D eigenvalue weighted by Gasteiger charge is -2.37. The summed E-state index contributed by atoms with van der Waals surface area (Å²) in [7, 11) is 1.78. The number of fused-ring (bicyclic) bond motifs is 2. The number of aromatic nitrogens is 4. The van der Waals surface area contributed by atoms with Crippen LogP contribution in [0.3, 0.4) is 0 Å². The van der Waals surface area contributed by atoms with E-state index < -0.39 is 0 Å². The Morgan fingerprint density at radius 1 is 1.07 bits per heavy atom. The largest absolute Gasteiger partial charge is 0.368 e. The molecule has 1 saturated heterocycles. The summed E-state index contributed by atoms with van der Waals surface area (Å²) in [5.41, 5.74) is 3.96. The van der Waals surface area contributed by atoms with Crippen molar-refractivity contribution in [3.63, 3.8) is 0 Å². The van der Waals surface area contributed by atoms with Crippen LogP contribution in [0.1, 0.15) is 19.5 Å². The first-order valence-corrected chi connectivity index (χ1v) is 10.3. The highest BCUT2D eigenvalue weighted by Crippen LogP contribution is 2.29. The maximum Gasteiger partial charge on any atom is 0.160 e.